The number of aryl methyl sites for hydroxylation is 2. The Kier molecular flexibility index (Phi) is 5.52. The predicted octanol–water partition coefficient (Wildman–Crippen LogP) is 3.95. The third-order valence-electron chi connectivity index (χ3n) is 5.34. The third-order valence-corrected chi connectivity index (χ3v) is 5.34. The molecule has 0 aliphatic carbocycles. The predicted molar refractivity (Wildman–Crippen MR) is 125 cm³/mol. The first-order chi connectivity index (χ1) is 15.3. The van der Waals surface area contributed by atoms with Gasteiger partial charge >= 0.3 is 0 Å². The lowest BCUT2D eigenvalue weighted by atomic mass is 10.1. The standard InChI is InChI=1S/C24H25FN6O/c1-14-11-19-18(22(26)32)9-6-10-20(19)31(14)24-28-15(2)21(30(3)4)23(29-24)27-13-16-7-5-8-17(25)12-16/h5-12H,13H2,1-4H3,(H2,26,32)(H,27,28,29). The number of nitrogens with two attached hydrogens (primary N) is 1. The van der Waals surface area contributed by atoms with Crippen LogP contribution >= 0.6 is 0 Å². The lowest BCUT2D eigenvalue weighted by Crippen LogP contribution is -2.18. The molecule has 4 rings (SSSR count). The molecule has 2 aromatic carbocycles. The van der Waals surface area contributed by atoms with Crippen LogP contribution in [0, 0.1) is 19.7 Å². The van der Waals surface area contributed by atoms with Crippen molar-refractivity contribution in [2.45, 2.75) is 20.4 Å². The molecule has 0 radical (unpaired) electrons. The number of rotatable bonds is 6. The van der Waals surface area contributed by atoms with E-state index in [9.17, 15) is 9.18 Å². The molecule has 164 valence electrons. The van der Waals surface area contributed by atoms with E-state index >= 15 is 0 Å². The van der Waals surface area contributed by atoms with Crippen molar-refractivity contribution in [3.05, 3.63) is 76.9 Å². The minimum Gasteiger partial charge on any atom is -0.373 e. The molecule has 4 aromatic rings. The number of halogens is 1. The number of hydrogen-bond donors (Lipinski definition) is 2. The van der Waals surface area contributed by atoms with Crippen molar-refractivity contribution in [2.24, 2.45) is 5.73 Å². The summed E-state index contributed by atoms with van der Waals surface area (Å²) in [6, 6.07) is 13.8. The summed E-state index contributed by atoms with van der Waals surface area (Å²) in [5.74, 6) is 0.347. The molecular formula is C24H25FN6O. The smallest absolute Gasteiger partial charge is 0.249 e. The molecule has 0 aliphatic heterocycles. The fraction of sp³-hybridized carbons (Fsp3) is 0.208. The van der Waals surface area contributed by atoms with Gasteiger partial charge in [0.1, 0.15) is 11.5 Å². The Balaban J connectivity index is 1.83. The van der Waals surface area contributed by atoms with Crippen LogP contribution in [0.3, 0.4) is 0 Å². The van der Waals surface area contributed by atoms with Gasteiger partial charge in [-0.1, -0.05) is 18.2 Å². The van der Waals surface area contributed by atoms with Crippen molar-refractivity contribution in [3.63, 3.8) is 0 Å². The van der Waals surface area contributed by atoms with Crippen LogP contribution in [0.5, 0.6) is 0 Å². The molecule has 0 aliphatic rings. The summed E-state index contributed by atoms with van der Waals surface area (Å²) in [6.07, 6.45) is 0. The molecule has 8 heteroatoms. The number of carbonyl (C=O) groups excluding carboxylic acids is 1. The molecule has 0 saturated carbocycles. The second-order valence-corrected chi connectivity index (χ2v) is 7.91. The highest BCUT2D eigenvalue weighted by molar-refractivity contribution is 6.06. The zero-order valence-corrected chi connectivity index (χ0v) is 18.5. The first-order valence-electron chi connectivity index (χ1n) is 10.2. The number of carbonyl (C=O) groups is 1. The van der Waals surface area contributed by atoms with Crippen molar-refractivity contribution in [3.8, 4) is 5.95 Å². The molecule has 7 nitrogen and oxygen atoms in total. The van der Waals surface area contributed by atoms with Crippen molar-refractivity contribution in [2.75, 3.05) is 24.3 Å². The number of anilines is 2. The third kappa shape index (κ3) is 3.87. The number of amides is 1. The molecule has 3 N–H and O–H groups in total. The van der Waals surface area contributed by atoms with Crippen LogP contribution in [0.4, 0.5) is 15.9 Å². The summed E-state index contributed by atoms with van der Waals surface area (Å²) in [6.45, 7) is 4.26. The second kappa shape index (κ2) is 8.30. The maximum absolute atomic E-state index is 13.6. The van der Waals surface area contributed by atoms with E-state index in [0.29, 0.717) is 23.9 Å². The summed E-state index contributed by atoms with van der Waals surface area (Å²) >= 11 is 0. The van der Waals surface area contributed by atoms with E-state index in [1.165, 1.54) is 12.1 Å². The van der Waals surface area contributed by atoms with Crippen molar-refractivity contribution >= 4 is 28.3 Å². The number of nitrogens with one attached hydrogen (secondary N) is 1. The van der Waals surface area contributed by atoms with E-state index in [2.05, 4.69) is 5.32 Å². The summed E-state index contributed by atoms with van der Waals surface area (Å²) in [4.78, 5) is 23.4. The van der Waals surface area contributed by atoms with Gasteiger partial charge in [-0.15, -0.1) is 0 Å². The van der Waals surface area contributed by atoms with E-state index in [4.69, 9.17) is 15.7 Å². The first kappa shape index (κ1) is 21.3. The lowest BCUT2D eigenvalue weighted by Gasteiger charge is -2.21. The summed E-state index contributed by atoms with van der Waals surface area (Å²) < 4.78 is 15.5. The van der Waals surface area contributed by atoms with Crippen LogP contribution in [0.2, 0.25) is 0 Å². The van der Waals surface area contributed by atoms with Gasteiger partial charge in [-0.2, -0.15) is 4.98 Å². The Hall–Kier alpha value is -3.94. The average molecular weight is 433 g/mol. The number of nitrogens with zero attached hydrogens (tertiary/aromatic N) is 4. The normalized spacial score (nSPS) is 11.0. The molecule has 32 heavy (non-hydrogen) atoms. The highest BCUT2D eigenvalue weighted by Crippen LogP contribution is 2.30. The van der Waals surface area contributed by atoms with Gasteiger partial charge in [-0.05, 0) is 49.7 Å². The number of fused-ring (bicyclic) bond motifs is 1. The molecule has 0 fully saturated rings. The largest absolute Gasteiger partial charge is 0.373 e. The monoisotopic (exact) mass is 432 g/mol. The molecule has 0 bridgehead atoms. The van der Waals surface area contributed by atoms with Gasteiger partial charge < -0.3 is 16.0 Å². The van der Waals surface area contributed by atoms with Crippen LogP contribution in [0.25, 0.3) is 16.9 Å². The fourth-order valence-electron chi connectivity index (χ4n) is 3.99. The van der Waals surface area contributed by atoms with E-state index in [-0.39, 0.29) is 5.82 Å². The second-order valence-electron chi connectivity index (χ2n) is 7.91. The van der Waals surface area contributed by atoms with Crippen LogP contribution in [-0.2, 0) is 6.54 Å². The van der Waals surface area contributed by atoms with Crippen LogP contribution < -0.4 is 16.0 Å². The fourth-order valence-corrected chi connectivity index (χ4v) is 3.99. The maximum Gasteiger partial charge on any atom is 0.249 e. The summed E-state index contributed by atoms with van der Waals surface area (Å²) in [5, 5.41) is 4.09. The Morgan fingerprint density at radius 1 is 1.12 bits per heavy atom. The average Bonchev–Trinajstić information content (AvgIpc) is 3.07. The highest BCUT2D eigenvalue weighted by atomic mass is 19.1. The van der Waals surface area contributed by atoms with Crippen molar-refractivity contribution in [1.29, 1.82) is 0 Å². The van der Waals surface area contributed by atoms with Gasteiger partial charge in [0, 0.05) is 37.3 Å². The Morgan fingerprint density at radius 2 is 1.88 bits per heavy atom. The molecule has 0 unspecified atom stereocenters. The summed E-state index contributed by atoms with van der Waals surface area (Å²) in [7, 11) is 3.85. The van der Waals surface area contributed by atoms with Crippen LogP contribution in [-0.4, -0.2) is 34.5 Å². The van der Waals surface area contributed by atoms with E-state index < -0.39 is 5.91 Å². The van der Waals surface area contributed by atoms with Gasteiger partial charge in [0.05, 0.1) is 11.2 Å². The molecular weight excluding hydrogens is 407 g/mol. The lowest BCUT2D eigenvalue weighted by molar-refractivity contribution is 0.100. The van der Waals surface area contributed by atoms with Crippen LogP contribution in [0.15, 0.2) is 48.5 Å². The Labute approximate surface area is 185 Å². The van der Waals surface area contributed by atoms with Crippen LogP contribution in [0.1, 0.15) is 27.3 Å². The SMILES string of the molecule is Cc1nc(-n2c(C)cc3c(C(N)=O)cccc32)nc(NCc2cccc(F)c2)c1N(C)C. The van der Waals surface area contributed by atoms with E-state index in [1.807, 2.05) is 55.6 Å². The maximum atomic E-state index is 13.6. The number of aromatic nitrogens is 3. The Bertz CT molecular complexity index is 1330. The molecule has 0 atom stereocenters. The van der Waals surface area contributed by atoms with E-state index in [1.54, 1.807) is 18.2 Å². The quantitative estimate of drug-likeness (QED) is 0.482. The topological polar surface area (TPSA) is 89.1 Å². The zero-order chi connectivity index (χ0) is 23.0. The zero-order valence-electron chi connectivity index (χ0n) is 18.5. The van der Waals surface area contributed by atoms with Gasteiger partial charge in [0.15, 0.2) is 5.82 Å². The van der Waals surface area contributed by atoms with Crippen molar-refractivity contribution < 1.29 is 9.18 Å². The minimum atomic E-state index is -0.481. The number of hydrogen-bond acceptors (Lipinski definition) is 5. The Morgan fingerprint density at radius 3 is 2.56 bits per heavy atom. The number of primary amides is 1. The van der Waals surface area contributed by atoms with Gasteiger partial charge in [0.2, 0.25) is 11.9 Å². The minimum absolute atomic E-state index is 0.281. The van der Waals surface area contributed by atoms with Crippen molar-refractivity contribution in [1.82, 2.24) is 14.5 Å². The summed E-state index contributed by atoms with van der Waals surface area (Å²) in [5.41, 5.74) is 10.1. The number of benzene rings is 2. The molecule has 1 amide bonds. The molecule has 2 aromatic heterocycles. The highest BCUT2D eigenvalue weighted by Gasteiger charge is 2.19. The van der Waals surface area contributed by atoms with Gasteiger partial charge in [-0.3, -0.25) is 9.36 Å². The molecule has 0 saturated heterocycles. The first-order valence-corrected chi connectivity index (χ1v) is 10.2. The van der Waals surface area contributed by atoms with E-state index in [0.717, 1.165) is 33.5 Å². The molecule has 2 heterocycles. The van der Waals surface area contributed by atoms with Gasteiger partial charge in [-0.25, -0.2) is 9.37 Å². The van der Waals surface area contributed by atoms with Gasteiger partial charge in [0.25, 0.3) is 0 Å². The molecule has 0 spiro atoms.